The molecule has 78 valence electrons. The second-order valence-electron chi connectivity index (χ2n) is 4.57. The van der Waals surface area contributed by atoms with Gasteiger partial charge in [-0.05, 0) is 30.6 Å². The molecule has 0 saturated heterocycles. The van der Waals surface area contributed by atoms with E-state index in [1.807, 2.05) is 0 Å². The van der Waals surface area contributed by atoms with E-state index in [0.29, 0.717) is 11.8 Å². The SMILES string of the molecule is CCC1CC(CC)C(O)C(CC)C1. The predicted octanol–water partition coefficient (Wildman–Crippen LogP) is 3.22. The second-order valence-corrected chi connectivity index (χ2v) is 4.57. The minimum Gasteiger partial charge on any atom is -0.393 e. The number of aliphatic hydroxyl groups is 1. The fourth-order valence-electron chi connectivity index (χ4n) is 2.77. The molecule has 0 aliphatic heterocycles. The quantitative estimate of drug-likeness (QED) is 0.714. The van der Waals surface area contributed by atoms with E-state index >= 15 is 0 Å². The molecular weight excluding hydrogens is 160 g/mol. The van der Waals surface area contributed by atoms with Crippen LogP contribution in [0.1, 0.15) is 52.9 Å². The lowest BCUT2D eigenvalue weighted by Gasteiger charge is -2.38. The van der Waals surface area contributed by atoms with Crippen LogP contribution in [0.2, 0.25) is 0 Å². The Kier molecular flexibility index (Phi) is 4.24. The molecule has 1 saturated carbocycles. The maximum atomic E-state index is 10.0. The van der Waals surface area contributed by atoms with Crippen molar-refractivity contribution in [1.82, 2.24) is 0 Å². The highest BCUT2D eigenvalue weighted by Gasteiger charge is 2.33. The van der Waals surface area contributed by atoms with Crippen LogP contribution < -0.4 is 0 Å². The zero-order valence-corrected chi connectivity index (χ0v) is 9.29. The van der Waals surface area contributed by atoms with E-state index in [2.05, 4.69) is 20.8 Å². The van der Waals surface area contributed by atoms with Gasteiger partial charge < -0.3 is 5.11 Å². The molecule has 0 aromatic rings. The molecule has 13 heavy (non-hydrogen) atoms. The first-order valence-electron chi connectivity index (χ1n) is 5.90. The summed E-state index contributed by atoms with van der Waals surface area (Å²) in [6.45, 7) is 6.69. The lowest BCUT2D eigenvalue weighted by atomic mass is 9.70. The van der Waals surface area contributed by atoms with Crippen LogP contribution in [0.25, 0.3) is 0 Å². The van der Waals surface area contributed by atoms with Crippen LogP contribution in [-0.2, 0) is 0 Å². The predicted molar refractivity (Wildman–Crippen MR) is 56.6 cm³/mol. The molecule has 0 aromatic heterocycles. The van der Waals surface area contributed by atoms with Gasteiger partial charge in [-0.1, -0.05) is 40.0 Å². The summed E-state index contributed by atoms with van der Waals surface area (Å²) in [5.74, 6) is 2.02. The van der Waals surface area contributed by atoms with Gasteiger partial charge in [-0.2, -0.15) is 0 Å². The van der Waals surface area contributed by atoms with Gasteiger partial charge >= 0.3 is 0 Å². The minimum atomic E-state index is -0.0159. The molecule has 2 atom stereocenters. The third-order valence-corrected chi connectivity index (χ3v) is 3.86. The molecule has 1 aliphatic carbocycles. The van der Waals surface area contributed by atoms with Crippen molar-refractivity contribution in [3.63, 3.8) is 0 Å². The van der Waals surface area contributed by atoms with Gasteiger partial charge in [0.05, 0.1) is 6.10 Å². The van der Waals surface area contributed by atoms with Gasteiger partial charge in [0.2, 0.25) is 0 Å². The highest BCUT2D eigenvalue weighted by molar-refractivity contribution is 4.84. The Bertz CT molecular complexity index is 130. The first kappa shape index (κ1) is 11.0. The van der Waals surface area contributed by atoms with E-state index < -0.39 is 0 Å². The molecule has 1 rings (SSSR count). The lowest BCUT2D eigenvalue weighted by molar-refractivity contribution is -0.00757. The number of aliphatic hydroxyl groups excluding tert-OH is 1. The fraction of sp³-hybridized carbons (Fsp3) is 1.00. The van der Waals surface area contributed by atoms with E-state index in [1.54, 1.807) is 0 Å². The summed E-state index contributed by atoms with van der Waals surface area (Å²) >= 11 is 0. The first-order valence-corrected chi connectivity index (χ1v) is 5.90. The molecule has 0 heterocycles. The Labute approximate surface area is 82.5 Å². The van der Waals surface area contributed by atoms with Gasteiger partial charge in [-0.25, -0.2) is 0 Å². The van der Waals surface area contributed by atoms with Gasteiger partial charge in [-0.3, -0.25) is 0 Å². The molecule has 1 heteroatoms. The van der Waals surface area contributed by atoms with E-state index in [9.17, 15) is 5.11 Å². The van der Waals surface area contributed by atoms with E-state index in [0.717, 1.165) is 18.8 Å². The largest absolute Gasteiger partial charge is 0.393 e. The van der Waals surface area contributed by atoms with Gasteiger partial charge in [0.1, 0.15) is 0 Å². The van der Waals surface area contributed by atoms with Crippen molar-refractivity contribution in [2.24, 2.45) is 17.8 Å². The molecule has 1 fully saturated rings. The van der Waals surface area contributed by atoms with E-state index in [4.69, 9.17) is 0 Å². The van der Waals surface area contributed by atoms with Crippen LogP contribution in [0.3, 0.4) is 0 Å². The summed E-state index contributed by atoms with van der Waals surface area (Å²) in [6.07, 6.45) is 6.08. The van der Waals surface area contributed by atoms with Crippen molar-refractivity contribution in [3.05, 3.63) is 0 Å². The van der Waals surface area contributed by atoms with Crippen molar-refractivity contribution in [3.8, 4) is 0 Å². The molecule has 0 bridgehead atoms. The Morgan fingerprint density at radius 2 is 1.38 bits per heavy atom. The number of rotatable bonds is 3. The molecule has 2 unspecified atom stereocenters. The highest BCUT2D eigenvalue weighted by atomic mass is 16.3. The van der Waals surface area contributed by atoms with Crippen LogP contribution in [0, 0.1) is 17.8 Å². The monoisotopic (exact) mass is 184 g/mol. The van der Waals surface area contributed by atoms with E-state index in [1.165, 1.54) is 19.3 Å². The zero-order valence-electron chi connectivity index (χ0n) is 9.29. The summed E-state index contributed by atoms with van der Waals surface area (Å²) in [5.41, 5.74) is 0. The van der Waals surface area contributed by atoms with Gasteiger partial charge in [0.25, 0.3) is 0 Å². The molecule has 0 spiro atoms. The Hall–Kier alpha value is -0.0400. The zero-order chi connectivity index (χ0) is 9.84. The molecule has 1 aliphatic rings. The Morgan fingerprint density at radius 3 is 1.69 bits per heavy atom. The molecule has 1 nitrogen and oxygen atoms in total. The normalized spacial score (nSPS) is 40.6. The maximum absolute atomic E-state index is 10.0. The van der Waals surface area contributed by atoms with E-state index in [-0.39, 0.29) is 6.10 Å². The lowest BCUT2D eigenvalue weighted by Crippen LogP contribution is -2.36. The van der Waals surface area contributed by atoms with Crippen LogP contribution in [0.15, 0.2) is 0 Å². The number of hydrogen-bond donors (Lipinski definition) is 1. The summed E-state index contributed by atoms with van der Waals surface area (Å²) in [6, 6.07) is 0. The molecular formula is C12H24O. The van der Waals surface area contributed by atoms with Gasteiger partial charge in [0.15, 0.2) is 0 Å². The topological polar surface area (TPSA) is 20.2 Å². The third-order valence-electron chi connectivity index (χ3n) is 3.86. The molecule has 0 aromatic carbocycles. The van der Waals surface area contributed by atoms with Crippen LogP contribution >= 0.6 is 0 Å². The summed E-state index contributed by atoms with van der Waals surface area (Å²) in [7, 11) is 0. The minimum absolute atomic E-state index is 0.0159. The van der Waals surface area contributed by atoms with Crippen LogP contribution in [0.4, 0.5) is 0 Å². The van der Waals surface area contributed by atoms with Crippen molar-refractivity contribution < 1.29 is 5.11 Å². The highest BCUT2D eigenvalue weighted by Crippen LogP contribution is 2.38. The molecule has 0 amide bonds. The Morgan fingerprint density at radius 1 is 0.923 bits per heavy atom. The van der Waals surface area contributed by atoms with Crippen molar-refractivity contribution in [1.29, 1.82) is 0 Å². The van der Waals surface area contributed by atoms with Crippen molar-refractivity contribution >= 4 is 0 Å². The summed E-state index contributed by atoms with van der Waals surface area (Å²) < 4.78 is 0. The molecule has 0 radical (unpaired) electrons. The smallest absolute Gasteiger partial charge is 0.0596 e. The van der Waals surface area contributed by atoms with Crippen molar-refractivity contribution in [2.75, 3.05) is 0 Å². The Balaban J connectivity index is 2.56. The first-order chi connectivity index (χ1) is 6.22. The average Bonchev–Trinajstić information content (AvgIpc) is 2.18. The summed E-state index contributed by atoms with van der Waals surface area (Å²) in [5, 5.41) is 10.0. The maximum Gasteiger partial charge on any atom is 0.0596 e. The number of hydrogen-bond acceptors (Lipinski definition) is 1. The fourth-order valence-corrected chi connectivity index (χ4v) is 2.77. The van der Waals surface area contributed by atoms with Gasteiger partial charge in [0, 0.05) is 0 Å². The van der Waals surface area contributed by atoms with Gasteiger partial charge in [-0.15, -0.1) is 0 Å². The average molecular weight is 184 g/mol. The van der Waals surface area contributed by atoms with Crippen molar-refractivity contribution in [2.45, 2.75) is 59.0 Å². The molecule has 1 N–H and O–H groups in total. The third kappa shape index (κ3) is 2.46. The van der Waals surface area contributed by atoms with Crippen LogP contribution in [-0.4, -0.2) is 11.2 Å². The second kappa shape index (κ2) is 4.99. The standard InChI is InChI=1S/C12H24O/c1-4-9-7-10(5-2)12(13)11(6-3)8-9/h9-13H,4-8H2,1-3H3. The van der Waals surface area contributed by atoms with Crippen LogP contribution in [0.5, 0.6) is 0 Å². The summed E-state index contributed by atoms with van der Waals surface area (Å²) in [4.78, 5) is 0.